The standard InChI is InChI=1S/C17H27N3O3S/c1-4-20(5-2)24(22,23)16-11-15(9-8-13(16)3)19-17(21)14-7-6-10-18-12-14/h8-9,11,14,18H,4-7,10,12H2,1-3H3,(H,19,21). The van der Waals surface area contributed by atoms with Crippen LogP contribution in [0.3, 0.4) is 0 Å². The molecule has 0 saturated carbocycles. The molecule has 1 heterocycles. The second kappa shape index (κ2) is 8.09. The van der Waals surface area contributed by atoms with Crippen LogP contribution in [0.25, 0.3) is 0 Å². The molecule has 24 heavy (non-hydrogen) atoms. The number of nitrogens with one attached hydrogen (secondary N) is 2. The Labute approximate surface area is 144 Å². The summed E-state index contributed by atoms with van der Waals surface area (Å²) in [5.41, 5.74) is 1.21. The summed E-state index contributed by atoms with van der Waals surface area (Å²) in [6, 6.07) is 5.06. The molecule has 0 spiro atoms. The lowest BCUT2D eigenvalue weighted by Gasteiger charge is -2.23. The van der Waals surface area contributed by atoms with E-state index in [1.165, 1.54) is 4.31 Å². The van der Waals surface area contributed by atoms with Crippen molar-refractivity contribution in [2.75, 3.05) is 31.5 Å². The third-order valence-corrected chi connectivity index (χ3v) is 6.64. The smallest absolute Gasteiger partial charge is 0.243 e. The van der Waals surface area contributed by atoms with Crippen LogP contribution in [-0.2, 0) is 14.8 Å². The fourth-order valence-corrected chi connectivity index (χ4v) is 4.69. The zero-order valence-corrected chi connectivity index (χ0v) is 15.4. The molecular formula is C17H27N3O3S. The van der Waals surface area contributed by atoms with Crippen LogP contribution in [0.15, 0.2) is 23.1 Å². The van der Waals surface area contributed by atoms with Gasteiger partial charge in [-0.2, -0.15) is 4.31 Å². The van der Waals surface area contributed by atoms with Gasteiger partial charge in [-0.3, -0.25) is 4.79 Å². The normalized spacial score (nSPS) is 18.6. The zero-order chi connectivity index (χ0) is 17.7. The fourth-order valence-electron chi connectivity index (χ4n) is 2.98. The first-order valence-electron chi connectivity index (χ1n) is 8.52. The SMILES string of the molecule is CCN(CC)S(=O)(=O)c1cc(NC(=O)C2CCCNC2)ccc1C. The molecule has 0 aliphatic carbocycles. The average Bonchev–Trinajstić information content (AvgIpc) is 2.58. The van der Waals surface area contributed by atoms with E-state index in [0.29, 0.717) is 30.9 Å². The van der Waals surface area contributed by atoms with Gasteiger partial charge < -0.3 is 10.6 Å². The minimum absolute atomic E-state index is 0.0581. The molecule has 0 bridgehead atoms. The molecular weight excluding hydrogens is 326 g/mol. The van der Waals surface area contributed by atoms with E-state index in [4.69, 9.17) is 0 Å². The zero-order valence-electron chi connectivity index (χ0n) is 14.6. The molecule has 0 aromatic heterocycles. The fraction of sp³-hybridized carbons (Fsp3) is 0.588. The maximum Gasteiger partial charge on any atom is 0.243 e. The first-order chi connectivity index (χ1) is 11.4. The predicted octanol–water partition coefficient (Wildman–Crippen LogP) is 1.96. The summed E-state index contributed by atoms with van der Waals surface area (Å²) in [5.74, 6) is -0.125. The van der Waals surface area contributed by atoms with Gasteiger partial charge in [-0.15, -0.1) is 0 Å². The Kier molecular flexibility index (Phi) is 6.37. The van der Waals surface area contributed by atoms with Gasteiger partial charge in [0.1, 0.15) is 0 Å². The van der Waals surface area contributed by atoms with E-state index in [0.717, 1.165) is 19.4 Å². The van der Waals surface area contributed by atoms with Crippen molar-refractivity contribution in [1.29, 1.82) is 0 Å². The number of nitrogens with zero attached hydrogens (tertiary/aromatic N) is 1. The number of hydrogen-bond donors (Lipinski definition) is 2. The van der Waals surface area contributed by atoms with Crippen molar-refractivity contribution < 1.29 is 13.2 Å². The number of anilines is 1. The Bertz CT molecular complexity index is 678. The predicted molar refractivity (Wildman–Crippen MR) is 95.5 cm³/mol. The van der Waals surface area contributed by atoms with Crippen molar-refractivity contribution in [2.24, 2.45) is 5.92 Å². The number of amides is 1. The maximum absolute atomic E-state index is 12.8. The largest absolute Gasteiger partial charge is 0.326 e. The summed E-state index contributed by atoms with van der Waals surface area (Å²) >= 11 is 0. The lowest BCUT2D eigenvalue weighted by Crippen LogP contribution is -2.37. The molecule has 2 rings (SSSR count). The first kappa shape index (κ1) is 18.9. The van der Waals surface area contributed by atoms with Crippen LogP contribution in [0.4, 0.5) is 5.69 Å². The van der Waals surface area contributed by atoms with Crippen molar-refractivity contribution >= 4 is 21.6 Å². The average molecular weight is 353 g/mol. The molecule has 7 heteroatoms. The molecule has 1 saturated heterocycles. The van der Waals surface area contributed by atoms with Gasteiger partial charge in [-0.25, -0.2) is 8.42 Å². The van der Waals surface area contributed by atoms with Crippen LogP contribution in [0.2, 0.25) is 0 Å². The van der Waals surface area contributed by atoms with Crippen LogP contribution < -0.4 is 10.6 Å². The summed E-state index contributed by atoms with van der Waals surface area (Å²) in [5, 5.41) is 6.08. The van der Waals surface area contributed by atoms with Crippen molar-refractivity contribution in [3.63, 3.8) is 0 Å². The molecule has 0 radical (unpaired) electrons. The Morgan fingerprint density at radius 3 is 2.62 bits per heavy atom. The maximum atomic E-state index is 12.8. The number of carbonyl (C=O) groups is 1. The Morgan fingerprint density at radius 1 is 1.33 bits per heavy atom. The second-order valence-corrected chi connectivity index (χ2v) is 8.01. The van der Waals surface area contributed by atoms with Gasteiger partial charge in [0, 0.05) is 25.3 Å². The van der Waals surface area contributed by atoms with Crippen molar-refractivity contribution in [3.05, 3.63) is 23.8 Å². The number of rotatable bonds is 6. The van der Waals surface area contributed by atoms with Crippen LogP contribution in [0.5, 0.6) is 0 Å². The molecule has 1 atom stereocenters. The number of sulfonamides is 1. The van der Waals surface area contributed by atoms with E-state index in [1.54, 1.807) is 25.1 Å². The monoisotopic (exact) mass is 353 g/mol. The molecule has 1 aromatic carbocycles. The molecule has 1 aliphatic heterocycles. The molecule has 1 aromatic rings. The number of benzene rings is 1. The van der Waals surface area contributed by atoms with Gasteiger partial charge in [0.2, 0.25) is 15.9 Å². The highest BCUT2D eigenvalue weighted by Gasteiger charge is 2.25. The molecule has 134 valence electrons. The summed E-state index contributed by atoms with van der Waals surface area (Å²) in [6.07, 6.45) is 1.84. The van der Waals surface area contributed by atoms with E-state index < -0.39 is 10.0 Å². The number of hydrogen-bond acceptors (Lipinski definition) is 4. The lowest BCUT2D eigenvalue weighted by molar-refractivity contribution is -0.120. The van der Waals surface area contributed by atoms with Crippen LogP contribution in [0, 0.1) is 12.8 Å². The highest BCUT2D eigenvalue weighted by molar-refractivity contribution is 7.89. The second-order valence-electron chi connectivity index (χ2n) is 6.10. The molecule has 1 aliphatic rings. The summed E-state index contributed by atoms with van der Waals surface area (Å²) < 4.78 is 26.9. The van der Waals surface area contributed by atoms with E-state index in [-0.39, 0.29) is 16.7 Å². The first-order valence-corrected chi connectivity index (χ1v) is 9.96. The Morgan fingerprint density at radius 2 is 2.04 bits per heavy atom. The summed E-state index contributed by atoms with van der Waals surface area (Å²) in [6.45, 7) is 7.86. The third-order valence-electron chi connectivity index (χ3n) is 4.45. The molecule has 1 fully saturated rings. The van der Waals surface area contributed by atoms with Crippen molar-refractivity contribution in [1.82, 2.24) is 9.62 Å². The van der Waals surface area contributed by atoms with Gasteiger partial charge in [0.05, 0.1) is 10.8 Å². The van der Waals surface area contributed by atoms with E-state index >= 15 is 0 Å². The number of carbonyl (C=O) groups excluding carboxylic acids is 1. The third kappa shape index (κ3) is 4.15. The molecule has 6 nitrogen and oxygen atoms in total. The van der Waals surface area contributed by atoms with E-state index in [2.05, 4.69) is 10.6 Å². The van der Waals surface area contributed by atoms with E-state index in [1.807, 2.05) is 13.8 Å². The summed E-state index contributed by atoms with van der Waals surface area (Å²) in [7, 11) is -3.55. The van der Waals surface area contributed by atoms with Gasteiger partial charge in [-0.1, -0.05) is 19.9 Å². The minimum atomic E-state index is -3.55. The molecule has 2 N–H and O–H groups in total. The van der Waals surface area contributed by atoms with Gasteiger partial charge in [-0.05, 0) is 44.0 Å². The van der Waals surface area contributed by atoms with Crippen molar-refractivity contribution in [2.45, 2.75) is 38.5 Å². The van der Waals surface area contributed by atoms with Crippen LogP contribution in [0.1, 0.15) is 32.3 Å². The number of aryl methyl sites for hydroxylation is 1. The topological polar surface area (TPSA) is 78.5 Å². The minimum Gasteiger partial charge on any atom is -0.326 e. The highest BCUT2D eigenvalue weighted by Crippen LogP contribution is 2.24. The lowest BCUT2D eigenvalue weighted by atomic mass is 9.99. The van der Waals surface area contributed by atoms with Crippen molar-refractivity contribution in [3.8, 4) is 0 Å². The van der Waals surface area contributed by atoms with E-state index in [9.17, 15) is 13.2 Å². The molecule has 1 amide bonds. The molecule has 1 unspecified atom stereocenters. The van der Waals surface area contributed by atoms with Gasteiger partial charge >= 0.3 is 0 Å². The Balaban J connectivity index is 2.23. The quantitative estimate of drug-likeness (QED) is 0.819. The highest BCUT2D eigenvalue weighted by atomic mass is 32.2. The van der Waals surface area contributed by atoms with Gasteiger partial charge in [0.25, 0.3) is 0 Å². The Hall–Kier alpha value is -1.44. The number of piperidine rings is 1. The summed E-state index contributed by atoms with van der Waals surface area (Å²) in [4.78, 5) is 12.6. The van der Waals surface area contributed by atoms with Gasteiger partial charge in [0.15, 0.2) is 0 Å². The van der Waals surface area contributed by atoms with Crippen LogP contribution >= 0.6 is 0 Å². The van der Waals surface area contributed by atoms with Crippen LogP contribution in [-0.4, -0.2) is 44.8 Å².